The third-order valence-electron chi connectivity index (χ3n) is 4.48. The van der Waals surface area contributed by atoms with Gasteiger partial charge < -0.3 is 5.32 Å². The molecule has 1 aromatic heterocycles. The maximum atomic E-state index is 13.0. The van der Waals surface area contributed by atoms with Gasteiger partial charge in [0.1, 0.15) is 5.82 Å². The Morgan fingerprint density at radius 3 is 2.53 bits per heavy atom. The fraction of sp³-hybridized carbons (Fsp3) is 0.0833. The van der Waals surface area contributed by atoms with Crippen molar-refractivity contribution in [2.75, 3.05) is 11.1 Å². The molecule has 1 N–H and O–H groups in total. The largest absolute Gasteiger partial charge is 0.325 e. The first kappa shape index (κ1) is 19.9. The zero-order valence-corrected chi connectivity index (χ0v) is 17.2. The highest BCUT2D eigenvalue weighted by Crippen LogP contribution is 2.27. The summed E-state index contributed by atoms with van der Waals surface area (Å²) in [7, 11) is 0. The van der Waals surface area contributed by atoms with Crippen molar-refractivity contribution in [3.8, 4) is 16.9 Å². The Morgan fingerprint density at radius 2 is 1.80 bits per heavy atom. The Bertz CT molecular complexity index is 1160. The van der Waals surface area contributed by atoms with Crippen molar-refractivity contribution in [2.24, 2.45) is 0 Å². The van der Waals surface area contributed by atoms with Gasteiger partial charge in [-0.05, 0) is 48.9 Å². The van der Waals surface area contributed by atoms with E-state index < -0.39 is 0 Å². The van der Waals surface area contributed by atoms with E-state index >= 15 is 0 Å². The van der Waals surface area contributed by atoms with E-state index in [-0.39, 0.29) is 17.5 Å². The van der Waals surface area contributed by atoms with Crippen LogP contribution in [0.2, 0.25) is 0 Å². The van der Waals surface area contributed by atoms with Crippen LogP contribution in [0.1, 0.15) is 5.56 Å². The van der Waals surface area contributed by atoms with Crippen molar-refractivity contribution >= 4 is 23.4 Å². The normalized spacial score (nSPS) is 10.7. The molecule has 4 rings (SSSR count). The van der Waals surface area contributed by atoms with E-state index in [1.807, 2.05) is 66.2 Å². The minimum atomic E-state index is -0.337. The molecule has 1 heterocycles. The standard InChI is InChI=1S/C24H20FN3OS/c1-17-6-5-9-21(14-17)28-15-22(18-7-3-2-4-8-18)27-24(28)30-16-23(29)26-20-12-10-19(25)11-13-20/h2-15H,16H2,1H3,(H,26,29). The third-order valence-corrected chi connectivity index (χ3v) is 5.44. The number of imidazole rings is 1. The second-order valence-corrected chi connectivity index (χ2v) is 7.77. The Balaban J connectivity index is 1.57. The number of rotatable bonds is 6. The smallest absolute Gasteiger partial charge is 0.234 e. The van der Waals surface area contributed by atoms with Gasteiger partial charge in [0.25, 0.3) is 0 Å². The number of hydrogen-bond donors (Lipinski definition) is 1. The van der Waals surface area contributed by atoms with E-state index in [0.717, 1.165) is 27.7 Å². The lowest BCUT2D eigenvalue weighted by atomic mass is 10.2. The molecule has 0 aliphatic heterocycles. The summed E-state index contributed by atoms with van der Waals surface area (Å²) in [5, 5.41) is 3.51. The van der Waals surface area contributed by atoms with Crippen molar-refractivity contribution in [2.45, 2.75) is 12.1 Å². The summed E-state index contributed by atoms with van der Waals surface area (Å²) in [4.78, 5) is 17.2. The van der Waals surface area contributed by atoms with Crippen LogP contribution in [0.4, 0.5) is 10.1 Å². The molecule has 1 amide bonds. The monoisotopic (exact) mass is 417 g/mol. The highest BCUT2D eigenvalue weighted by molar-refractivity contribution is 7.99. The Morgan fingerprint density at radius 1 is 1.03 bits per heavy atom. The lowest BCUT2D eigenvalue weighted by Crippen LogP contribution is -2.14. The van der Waals surface area contributed by atoms with E-state index in [2.05, 4.69) is 11.4 Å². The number of halogens is 1. The van der Waals surface area contributed by atoms with Gasteiger partial charge >= 0.3 is 0 Å². The van der Waals surface area contributed by atoms with Gasteiger partial charge in [-0.15, -0.1) is 0 Å². The molecule has 0 saturated carbocycles. The molecule has 3 aromatic carbocycles. The Hall–Kier alpha value is -3.38. The number of anilines is 1. The number of nitrogens with one attached hydrogen (secondary N) is 1. The van der Waals surface area contributed by atoms with Crippen LogP contribution in [-0.2, 0) is 4.79 Å². The van der Waals surface area contributed by atoms with Gasteiger partial charge in [0.2, 0.25) is 5.91 Å². The number of amides is 1. The van der Waals surface area contributed by atoms with Crippen LogP contribution >= 0.6 is 11.8 Å². The second kappa shape index (κ2) is 8.97. The van der Waals surface area contributed by atoms with E-state index in [1.54, 1.807) is 12.1 Å². The molecule has 4 aromatic rings. The lowest BCUT2D eigenvalue weighted by molar-refractivity contribution is -0.113. The zero-order valence-electron chi connectivity index (χ0n) is 16.4. The summed E-state index contributed by atoms with van der Waals surface area (Å²) in [6, 6.07) is 23.8. The van der Waals surface area contributed by atoms with Crippen LogP contribution in [0, 0.1) is 12.7 Å². The van der Waals surface area contributed by atoms with Crippen LogP contribution in [0.25, 0.3) is 16.9 Å². The molecule has 0 aliphatic carbocycles. The topological polar surface area (TPSA) is 46.9 Å². The molecule has 0 radical (unpaired) electrons. The third kappa shape index (κ3) is 4.78. The highest BCUT2D eigenvalue weighted by atomic mass is 32.2. The zero-order chi connectivity index (χ0) is 20.9. The quantitative estimate of drug-likeness (QED) is 0.408. The molecule has 4 nitrogen and oxygen atoms in total. The van der Waals surface area contributed by atoms with Crippen LogP contribution in [0.15, 0.2) is 90.2 Å². The maximum Gasteiger partial charge on any atom is 0.234 e. The number of hydrogen-bond acceptors (Lipinski definition) is 3. The summed E-state index contributed by atoms with van der Waals surface area (Å²) < 4.78 is 15.0. The van der Waals surface area contributed by atoms with Crippen molar-refractivity contribution in [1.82, 2.24) is 9.55 Å². The van der Waals surface area contributed by atoms with E-state index in [0.29, 0.717) is 5.69 Å². The number of aryl methyl sites for hydroxylation is 1. The summed E-state index contributed by atoms with van der Waals surface area (Å²) in [6.07, 6.45) is 1.99. The van der Waals surface area contributed by atoms with Crippen molar-refractivity contribution in [3.05, 3.63) is 96.4 Å². The number of aromatic nitrogens is 2. The summed E-state index contributed by atoms with van der Waals surface area (Å²) in [5.41, 5.74) is 4.56. The molecule has 0 aliphatic rings. The number of benzene rings is 3. The van der Waals surface area contributed by atoms with Gasteiger partial charge in [0.05, 0.1) is 11.4 Å². The van der Waals surface area contributed by atoms with Crippen LogP contribution in [0.3, 0.4) is 0 Å². The van der Waals surface area contributed by atoms with Gasteiger partial charge in [0.15, 0.2) is 5.16 Å². The molecule has 150 valence electrons. The van der Waals surface area contributed by atoms with E-state index in [4.69, 9.17) is 4.98 Å². The first-order chi connectivity index (χ1) is 14.6. The first-order valence-corrected chi connectivity index (χ1v) is 10.5. The molecular weight excluding hydrogens is 397 g/mol. The average Bonchev–Trinajstić information content (AvgIpc) is 3.19. The van der Waals surface area contributed by atoms with Gasteiger partial charge in [0, 0.05) is 23.1 Å². The van der Waals surface area contributed by atoms with Crippen molar-refractivity contribution in [1.29, 1.82) is 0 Å². The molecule has 0 atom stereocenters. The predicted octanol–water partition coefficient (Wildman–Crippen LogP) is 5.72. The fourth-order valence-corrected chi connectivity index (χ4v) is 3.83. The summed E-state index contributed by atoms with van der Waals surface area (Å²) in [6.45, 7) is 2.04. The van der Waals surface area contributed by atoms with Gasteiger partial charge in [-0.2, -0.15) is 0 Å². The van der Waals surface area contributed by atoms with Crippen LogP contribution in [0.5, 0.6) is 0 Å². The van der Waals surface area contributed by atoms with Gasteiger partial charge in [-0.3, -0.25) is 9.36 Å². The minimum Gasteiger partial charge on any atom is -0.325 e. The summed E-state index contributed by atoms with van der Waals surface area (Å²) in [5.74, 6) is -0.323. The summed E-state index contributed by atoms with van der Waals surface area (Å²) >= 11 is 1.36. The SMILES string of the molecule is Cc1cccc(-n2cc(-c3ccccc3)nc2SCC(=O)Nc2ccc(F)cc2)c1. The van der Waals surface area contributed by atoms with Crippen LogP contribution < -0.4 is 5.32 Å². The molecule has 30 heavy (non-hydrogen) atoms. The molecular formula is C24H20FN3OS. The number of carbonyl (C=O) groups is 1. The fourth-order valence-electron chi connectivity index (χ4n) is 3.04. The minimum absolute atomic E-state index is 0.174. The Labute approximate surface area is 178 Å². The highest BCUT2D eigenvalue weighted by Gasteiger charge is 2.14. The molecule has 0 spiro atoms. The van der Waals surface area contributed by atoms with Gasteiger partial charge in [-0.25, -0.2) is 9.37 Å². The van der Waals surface area contributed by atoms with E-state index in [1.165, 1.54) is 23.9 Å². The first-order valence-electron chi connectivity index (χ1n) is 9.48. The molecule has 0 fully saturated rings. The number of nitrogens with zero attached hydrogens (tertiary/aromatic N) is 2. The molecule has 6 heteroatoms. The number of carbonyl (C=O) groups excluding carboxylic acids is 1. The maximum absolute atomic E-state index is 13.0. The molecule has 0 saturated heterocycles. The lowest BCUT2D eigenvalue weighted by Gasteiger charge is -2.08. The average molecular weight is 418 g/mol. The Kier molecular flexibility index (Phi) is 5.95. The second-order valence-electron chi connectivity index (χ2n) is 6.83. The predicted molar refractivity (Wildman–Crippen MR) is 119 cm³/mol. The molecule has 0 bridgehead atoms. The van der Waals surface area contributed by atoms with Crippen LogP contribution in [-0.4, -0.2) is 21.2 Å². The molecule has 0 unspecified atom stereocenters. The van der Waals surface area contributed by atoms with E-state index in [9.17, 15) is 9.18 Å². The van der Waals surface area contributed by atoms with Crippen molar-refractivity contribution < 1.29 is 9.18 Å². The van der Waals surface area contributed by atoms with Gasteiger partial charge in [-0.1, -0.05) is 54.2 Å². The number of thioether (sulfide) groups is 1. The van der Waals surface area contributed by atoms with Crippen molar-refractivity contribution in [3.63, 3.8) is 0 Å².